The number of carbonyl (C=O) groups excluding carboxylic acids is 1. The highest BCUT2D eigenvalue weighted by molar-refractivity contribution is 8.06. The topological polar surface area (TPSA) is 97.7 Å². The highest BCUT2D eigenvalue weighted by Gasteiger charge is 2.37. The van der Waals surface area contributed by atoms with Crippen LogP contribution in [0.25, 0.3) is 0 Å². The van der Waals surface area contributed by atoms with Crippen molar-refractivity contribution < 1.29 is 27.9 Å². The third kappa shape index (κ3) is 6.05. The van der Waals surface area contributed by atoms with E-state index in [0.29, 0.717) is 0 Å². The molecule has 0 atom stereocenters. The van der Waals surface area contributed by atoms with E-state index in [0.717, 1.165) is 14.0 Å². The molecule has 0 saturated heterocycles. The van der Waals surface area contributed by atoms with E-state index in [-0.39, 0.29) is 0 Å². The van der Waals surface area contributed by atoms with Crippen LogP contribution in [-0.2, 0) is 19.4 Å². The van der Waals surface area contributed by atoms with E-state index < -0.39 is 25.9 Å². The van der Waals surface area contributed by atoms with E-state index >= 15 is 0 Å². The van der Waals surface area contributed by atoms with Crippen molar-refractivity contribution in [2.75, 3.05) is 7.11 Å². The summed E-state index contributed by atoms with van der Waals surface area (Å²) >= 11 is 0. The van der Waals surface area contributed by atoms with Gasteiger partial charge in [0.1, 0.15) is 0 Å². The second-order valence-corrected chi connectivity index (χ2v) is 6.15. The summed E-state index contributed by atoms with van der Waals surface area (Å²) in [6.45, 7) is 5.41. The molecule has 0 bridgehead atoms. The first-order valence-electron chi connectivity index (χ1n) is 3.99. The molecule has 0 spiro atoms. The van der Waals surface area contributed by atoms with Crippen LogP contribution in [0.5, 0.6) is 0 Å². The first kappa shape index (κ1) is 16.3. The summed E-state index contributed by atoms with van der Waals surface area (Å²) < 4.78 is 25.2. The fraction of sp³-hybridized carbons (Fsp3) is 0.750. The molecule has 0 heterocycles. The van der Waals surface area contributed by atoms with Crippen molar-refractivity contribution in [3.63, 3.8) is 0 Å². The minimum Gasteiger partial charge on any atom is -0.481 e. The van der Waals surface area contributed by atoms with Crippen LogP contribution in [0.4, 0.5) is 4.79 Å². The fourth-order valence-electron chi connectivity index (χ4n) is 0.360. The van der Waals surface area contributed by atoms with Crippen molar-refractivity contribution in [1.29, 1.82) is 0 Å². The molecule has 0 aromatic rings. The van der Waals surface area contributed by atoms with E-state index in [9.17, 15) is 13.2 Å². The number of rotatable bonds is 0. The van der Waals surface area contributed by atoms with Gasteiger partial charge in [-0.1, -0.05) is 0 Å². The molecule has 0 aliphatic carbocycles. The van der Waals surface area contributed by atoms with Crippen LogP contribution in [0.2, 0.25) is 0 Å². The molecule has 1 N–H and O–H groups in total. The number of hydrogen-bond donors (Lipinski definition) is 1. The molecule has 0 aromatic carbocycles. The molecule has 0 amide bonds. The third-order valence-electron chi connectivity index (χ3n) is 1.19. The standard InChI is InChI=1S/C6H12O4S.C2H4O2/c1-6(2,3)11(8,9)5(7)10-4;1-2(3)4/h1-4H3;1H3,(H,3,4). The van der Waals surface area contributed by atoms with E-state index in [2.05, 4.69) is 4.74 Å². The lowest BCUT2D eigenvalue weighted by atomic mass is 10.3. The molecule has 15 heavy (non-hydrogen) atoms. The summed E-state index contributed by atoms with van der Waals surface area (Å²) in [5.74, 6) is -0.833. The Kier molecular flexibility index (Phi) is 6.20. The number of carboxylic acid groups (broad SMARTS) is 1. The maximum atomic E-state index is 11.1. The second-order valence-electron chi connectivity index (χ2n) is 3.59. The van der Waals surface area contributed by atoms with Gasteiger partial charge in [0, 0.05) is 6.92 Å². The molecule has 0 radical (unpaired) electrons. The van der Waals surface area contributed by atoms with Crippen molar-refractivity contribution in [3.8, 4) is 0 Å². The average molecular weight is 240 g/mol. The van der Waals surface area contributed by atoms with E-state index in [1.54, 1.807) is 0 Å². The lowest BCUT2D eigenvalue weighted by molar-refractivity contribution is -0.134. The Bertz CT molecular complexity index is 318. The lowest BCUT2D eigenvalue weighted by Crippen LogP contribution is -2.34. The molecule has 0 unspecified atom stereocenters. The monoisotopic (exact) mass is 240 g/mol. The molecule has 0 aliphatic rings. The first-order valence-corrected chi connectivity index (χ1v) is 5.47. The second kappa shape index (κ2) is 5.69. The Labute approximate surface area is 89.2 Å². The largest absolute Gasteiger partial charge is 0.481 e. The van der Waals surface area contributed by atoms with Gasteiger partial charge in [0.2, 0.25) is 0 Å². The van der Waals surface area contributed by atoms with Crippen molar-refractivity contribution >= 4 is 21.1 Å². The van der Waals surface area contributed by atoms with Crippen molar-refractivity contribution in [2.45, 2.75) is 32.4 Å². The van der Waals surface area contributed by atoms with Crippen LogP contribution in [0, 0.1) is 0 Å². The Balaban J connectivity index is 0. The number of hydrogen-bond acceptors (Lipinski definition) is 5. The number of ether oxygens (including phenoxy) is 1. The van der Waals surface area contributed by atoms with Gasteiger partial charge in [0.05, 0.1) is 11.9 Å². The van der Waals surface area contributed by atoms with E-state index in [1.807, 2.05) is 0 Å². The van der Waals surface area contributed by atoms with Crippen LogP contribution in [0.3, 0.4) is 0 Å². The van der Waals surface area contributed by atoms with Gasteiger partial charge in [0.15, 0.2) is 0 Å². The number of carboxylic acids is 1. The molecule has 6 nitrogen and oxygen atoms in total. The number of sulfone groups is 1. The van der Waals surface area contributed by atoms with Crippen molar-refractivity contribution in [1.82, 2.24) is 0 Å². The van der Waals surface area contributed by atoms with Gasteiger partial charge in [0.25, 0.3) is 15.8 Å². The smallest absolute Gasteiger partial charge is 0.425 e. The van der Waals surface area contributed by atoms with Crippen molar-refractivity contribution in [3.05, 3.63) is 0 Å². The van der Waals surface area contributed by atoms with Gasteiger partial charge in [-0.3, -0.25) is 4.79 Å². The summed E-state index contributed by atoms with van der Waals surface area (Å²) in [5.41, 5.74) is 0. The van der Waals surface area contributed by atoms with Crippen LogP contribution >= 0.6 is 0 Å². The van der Waals surface area contributed by atoms with E-state index in [4.69, 9.17) is 9.90 Å². The predicted octanol–water partition coefficient (Wildman–Crippen LogP) is 1.06. The van der Waals surface area contributed by atoms with Crippen molar-refractivity contribution in [2.24, 2.45) is 0 Å². The number of carbonyl (C=O) groups is 2. The molecule has 0 saturated carbocycles. The quantitative estimate of drug-likeness (QED) is 0.636. The van der Waals surface area contributed by atoms with Gasteiger partial charge >= 0.3 is 5.30 Å². The van der Waals surface area contributed by atoms with Gasteiger partial charge in [-0.15, -0.1) is 0 Å². The van der Waals surface area contributed by atoms with Crippen LogP contribution < -0.4 is 0 Å². The highest BCUT2D eigenvalue weighted by atomic mass is 32.2. The maximum Gasteiger partial charge on any atom is 0.425 e. The molecule has 0 rings (SSSR count). The van der Waals surface area contributed by atoms with Gasteiger partial charge in [-0.2, -0.15) is 0 Å². The predicted molar refractivity (Wildman–Crippen MR) is 54.4 cm³/mol. The summed E-state index contributed by atoms with van der Waals surface area (Å²) in [5, 5.41) is 6.24. The Morgan fingerprint density at radius 1 is 1.20 bits per heavy atom. The van der Waals surface area contributed by atoms with Crippen LogP contribution in [-0.4, -0.2) is 36.7 Å². The molecule has 7 heteroatoms. The molecule has 90 valence electrons. The summed E-state index contributed by atoms with van der Waals surface area (Å²) in [6.07, 6.45) is 0. The number of aliphatic carboxylic acids is 1. The van der Waals surface area contributed by atoms with Gasteiger partial charge < -0.3 is 9.84 Å². The molecular formula is C8H16O6S. The normalized spacial score (nSPS) is 11.0. The SMILES string of the molecule is CC(=O)O.COC(=O)S(=O)(=O)C(C)(C)C. The zero-order chi connectivity index (χ0) is 12.9. The minimum absolute atomic E-state index is 0.833. The van der Waals surface area contributed by atoms with Crippen LogP contribution in [0.15, 0.2) is 0 Å². The Morgan fingerprint density at radius 3 is 1.53 bits per heavy atom. The molecule has 0 fully saturated rings. The number of methoxy groups -OCH3 is 1. The summed E-state index contributed by atoms with van der Waals surface area (Å²) in [6, 6.07) is 0. The highest BCUT2D eigenvalue weighted by Crippen LogP contribution is 2.17. The lowest BCUT2D eigenvalue weighted by Gasteiger charge is -2.15. The average Bonchev–Trinajstić information content (AvgIpc) is 1.99. The van der Waals surface area contributed by atoms with Crippen LogP contribution in [0.1, 0.15) is 27.7 Å². The molecular weight excluding hydrogens is 224 g/mol. The minimum atomic E-state index is -3.79. The van der Waals surface area contributed by atoms with Gasteiger partial charge in [-0.25, -0.2) is 13.2 Å². The van der Waals surface area contributed by atoms with E-state index in [1.165, 1.54) is 20.8 Å². The zero-order valence-corrected chi connectivity index (χ0v) is 10.2. The van der Waals surface area contributed by atoms with Gasteiger partial charge in [-0.05, 0) is 20.8 Å². The molecule has 0 aromatic heterocycles. The third-order valence-corrected chi connectivity index (χ3v) is 3.41. The first-order chi connectivity index (χ1) is 6.46. The summed E-state index contributed by atoms with van der Waals surface area (Å²) in [7, 11) is -2.74. The maximum absolute atomic E-state index is 11.1. The Morgan fingerprint density at radius 2 is 1.47 bits per heavy atom. The molecule has 0 aliphatic heterocycles. The Hall–Kier alpha value is -1.11. The summed E-state index contributed by atoms with van der Waals surface area (Å²) in [4.78, 5) is 19.7. The fourth-order valence-corrected chi connectivity index (χ4v) is 1.08. The zero-order valence-electron chi connectivity index (χ0n) is 9.40.